The second kappa shape index (κ2) is 6.69. The molecule has 4 nitrogen and oxygen atoms in total. The third kappa shape index (κ3) is 3.50. The minimum absolute atomic E-state index is 0.112. The lowest BCUT2D eigenvalue weighted by atomic mass is 9.98. The molecule has 1 aromatic carbocycles. The summed E-state index contributed by atoms with van der Waals surface area (Å²) in [7, 11) is 0. The minimum atomic E-state index is 0.112. The Morgan fingerprint density at radius 2 is 2.14 bits per heavy atom. The highest BCUT2D eigenvalue weighted by Gasteiger charge is 2.25. The van der Waals surface area contributed by atoms with Crippen LogP contribution >= 0.6 is 0 Å². The highest BCUT2D eigenvalue weighted by Crippen LogP contribution is 2.20. The number of hydrogen-bond acceptors (Lipinski definition) is 2. The molecule has 22 heavy (non-hydrogen) atoms. The Morgan fingerprint density at radius 3 is 2.86 bits per heavy atom. The van der Waals surface area contributed by atoms with E-state index < -0.39 is 0 Å². The van der Waals surface area contributed by atoms with Crippen molar-refractivity contribution in [2.45, 2.75) is 19.8 Å². The maximum Gasteiger partial charge on any atom is 0.255 e. The fourth-order valence-electron chi connectivity index (χ4n) is 2.87. The van der Waals surface area contributed by atoms with Crippen molar-refractivity contribution in [3.05, 3.63) is 53.9 Å². The van der Waals surface area contributed by atoms with Crippen molar-refractivity contribution in [3.63, 3.8) is 0 Å². The van der Waals surface area contributed by atoms with Crippen molar-refractivity contribution in [1.29, 1.82) is 0 Å². The van der Waals surface area contributed by atoms with E-state index in [1.807, 2.05) is 23.1 Å². The van der Waals surface area contributed by atoms with Crippen molar-refractivity contribution < 1.29 is 9.53 Å². The number of carbonyl (C=O) groups is 1. The van der Waals surface area contributed by atoms with Crippen LogP contribution in [-0.2, 0) is 0 Å². The Labute approximate surface area is 131 Å². The zero-order chi connectivity index (χ0) is 15.4. The molecule has 0 unspecified atom stereocenters. The van der Waals surface area contributed by atoms with E-state index in [-0.39, 0.29) is 5.91 Å². The molecule has 0 radical (unpaired) electrons. The van der Waals surface area contributed by atoms with Crippen molar-refractivity contribution >= 4 is 5.91 Å². The largest absolute Gasteiger partial charge is 0.493 e. The van der Waals surface area contributed by atoms with Crippen LogP contribution in [0, 0.1) is 12.8 Å². The topological polar surface area (TPSA) is 45.3 Å². The highest BCUT2D eigenvalue weighted by molar-refractivity contribution is 5.94. The van der Waals surface area contributed by atoms with Crippen molar-refractivity contribution in [2.24, 2.45) is 5.92 Å². The van der Waals surface area contributed by atoms with Gasteiger partial charge in [-0.25, -0.2) is 0 Å². The van der Waals surface area contributed by atoms with E-state index in [9.17, 15) is 4.79 Å². The van der Waals surface area contributed by atoms with E-state index >= 15 is 0 Å². The molecular formula is C18H22N2O2. The minimum Gasteiger partial charge on any atom is -0.493 e. The molecule has 4 heteroatoms. The van der Waals surface area contributed by atoms with Crippen molar-refractivity contribution in [1.82, 2.24) is 9.88 Å². The van der Waals surface area contributed by atoms with Crippen LogP contribution in [0.4, 0.5) is 0 Å². The quantitative estimate of drug-likeness (QED) is 0.941. The highest BCUT2D eigenvalue weighted by atomic mass is 16.5. The summed E-state index contributed by atoms with van der Waals surface area (Å²) in [5, 5.41) is 0. The van der Waals surface area contributed by atoms with Gasteiger partial charge < -0.3 is 14.6 Å². The molecule has 1 N–H and O–H groups in total. The summed E-state index contributed by atoms with van der Waals surface area (Å²) in [6.45, 7) is 4.34. The molecule has 1 aromatic heterocycles. The smallest absolute Gasteiger partial charge is 0.255 e. The van der Waals surface area contributed by atoms with E-state index in [0.717, 1.165) is 37.2 Å². The van der Waals surface area contributed by atoms with Gasteiger partial charge in [-0.2, -0.15) is 0 Å². The Hall–Kier alpha value is -2.23. The lowest BCUT2D eigenvalue weighted by molar-refractivity contribution is 0.0633. The van der Waals surface area contributed by atoms with Gasteiger partial charge in [-0.3, -0.25) is 4.79 Å². The number of nitrogens with zero attached hydrogens (tertiary/aromatic N) is 1. The van der Waals surface area contributed by atoms with Gasteiger partial charge in [0.2, 0.25) is 0 Å². The van der Waals surface area contributed by atoms with E-state index in [0.29, 0.717) is 12.5 Å². The number of amides is 1. The second-order valence-corrected chi connectivity index (χ2v) is 5.98. The number of carbonyl (C=O) groups excluding carboxylic acids is 1. The van der Waals surface area contributed by atoms with Gasteiger partial charge in [-0.15, -0.1) is 0 Å². The van der Waals surface area contributed by atoms with Gasteiger partial charge in [-0.1, -0.05) is 17.7 Å². The van der Waals surface area contributed by atoms with Gasteiger partial charge in [0.1, 0.15) is 5.75 Å². The molecule has 1 saturated heterocycles. The Balaban J connectivity index is 1.54. The number of likely N-dealkylation sites (tertiary alicyclic amines) is 1. The first-order chi connectivity index (χ1) is 10.7. The standard InChI is InChI=1S/C18H22N2O2/c1-14-4-6-17(7-5-14)22-13-15-3-2-10-20(12-15)18(21)16-8-9-19-11-16/h4-9,11,15,19H,2-3,10,12-13H2,1H3/t15-/m0/s1. The van der Waals surface area contributed by atoms with Crippen LogP contribution in [0.15, 0.2) is 42.7 Å². The lowest BCUT2D eigenvalue weighted by Gasteiger charge is -2.32. The van der Waals surface area contributed by atoms with Gasteiger partial charge >= 0.3 is 0 Å². The monoisotopic (exact) mass is 298 g/mol. The number of rotatable bonds is 4. The van der Waals surface area contributed by atoms with Gasteiger partial charge in [0, 0.05) is 31.4 Å². The van der Waals surface area contributed by atoms with Crippen molar-refractivity contribution in [3.8, 4) is 5.75 Å². The maximum atomic E-state index is 12.4. The molecule has 1 atom stereocenters. The third-order valence-corrected chi connectivity index (χ3v) is 4.16. The SMILES string of the molecule is Cc1ccc(OC[C@H]2CCCN(C(=O)c3cc[nH]c3)C2)cc1. The Bertz CT molecular complexity index is 605. The van der Waals surface area contributed by atoms with Gasteiger partial charge in [0.15, 0.2) is 0 Å². The molecule has 0 aliphatic carbocycles. The number of aromatic nitrogens is 1. The summed E-state index contributed by atoms with van der Waals surface area (Å²) in [5.74, 6) is 1.42. The van der Waals surface area contributed by atoms with Crippen LogP contribution in [0.25, 0.3) is 0 Å². The first kappa shape index (κ1) is 14.7. The number of aromatic amines is 1. The molecule has 3 rings (SSSR count). The van der Waals surface area contributed by atoms with Gasteiger partial charge in [-0.05, 0) is 38.0 Å². The number of nitrogens with one attached hydrogen (secondary N) is 1. The van der Waals surface area contributed by atoms with E-state index in [4.69, 9.17) is 4.74 Å². The van der Waals surface area contributed by atoms with Gasteiger partial charge in [0.05, 0.1) is 12.2 Å². The van der Waals surface area contributed by atoms with E-state index in [1.165, 1.54) is 5.56 Å². The average Bonchev–Trinajstić information content (AvgIpc) is 3.08. The van der Waals surface area contributed by atoms with Crippen LogP contribution in [0.5, 0.6) is 5.75 Å². The third-order valence-electron chi connectivity index (χ3n) is 4.16. The van der Waals surface area contributed by atoms with Crippen LogP contribution < -0.4 is 4.74 Å². The molecule has 2 aromatic rings. The molecule has 116 valence electrons. The lowest BCUT2D eigenvalue weighted by Crippen LogP contribution is -2.41. The Morgan fingerprint density at radius 1 is 1.32 bits per heavy atom. The fourth-order valence-corrected chi connectivity index (χ4v) is 2.87. The molecule has 0 spiro atoms. The number of H-pyrrole nitrogens is 1. The molecule has 2 heterocycles. The first-order valence-corrected chi connectivity index (χ1v) is 7.84. The maximum absolute atomic E-state index is 12.4. The number of ether oxygens (including phenoxy) is 1. The van der Waals surface area contributed by atoms with E-state index in [1.54, 1.807) is 12.4 Å². The van der Waals surface area contributed by atoms with Crippen LogP contribution in [0.3, 0.4) is 0 Å². The summed E-state index contributed by atoms with van der Waals surface area (Å²) in [6, 6.07) is 9.94. The fraction of sp³-hybridized carbons (Fsp3) is 0.389. The molecule has 1 amide bonds. The van der Waals surface area contributed by atoms with Crippen LogP contribution in [0.1, 0.15) is 28.8 Å². The van der Waals surface area contributed by atoms with Crippen LogP contribution in [0.2, 0.25) is 0 Å². The summed E-state index contributed by atoms with van der Waals surface area (Å²) in [4.78, 5) is 17.3. The summed E-state index contributed by atoms with van der Waals surface area (Å²) in [6.07, 6.45) is 5.70. The van der Waals surface area contributed by atoms with Crippen LogP contribution in [-0.4, -0.2) is 35.5 Å². The van der Waals surface area contributed by atoms with E-state index in [2.05, 4.69) is 24.0 Å². The number of piperidine rings is 1. The molecule has 0 bridgehead atoms. The predicted molar refractivity (Wildman–Crippen MR) is 86.1 cm³/mol. The van der Waals surface area contributed by atoms with Crippen molar-refractivity contribution in [2.75, 3.05) is 19.7 Å². The molecule has 1 aliphatic rings. The summed E-state index contributed by atoms with van der Waals surface area (Å²) in [5.41, 5.74) is 1.97. The molecule has 1 fully saturated rings. The zero-order valence-corrected chi connectivity index (χ0v) is 12.9. The zero-order valence-electron chi connectivity index (χ0n) is 12.9. The number of benzene rings is 1. The first-order valence-electron chi connectivity index (χ1n) is 7.84. The predicted octanol–water partition coefficient (Wildman–Crippen LogP) is 3.25. The summed E-state index contributed by atoms with van der Waals surface area (Å²) >= 11 is 0. The number of aryl methyl sites for hydroxylation is 1. The number of hydrogen-bond donors (Lipinski definition) is 1. The molecule has 0 saturated carbocycles. The molecule has 1 aliphatic heterocycles. The molecular weight excluding hydrogens is 276 g/mol. The summed E-state index contributed by atoms with van der Waals surface area (Å²) < 4.78 is 5.88. The Kier molecular flexibility index (Phi) is 4.47. The normalized spacial score (nSPS) is 18.2. The van der Waals surface area contributed by atoms with Gasteiger partial charge in [0.25, 0.3) is 5.91 Å². The average molecular weight is 298 g/mol. The second-order valence-electron chi connectivity index (χ2n) is 5.98.